The predicted molar refractivity (Wildman–Crippen MR) is 102 cm³/mol. The van der Waals surface area contributed by atoms with Gasteiger partial charge < -0.3 is 14.4 Å². The zero-order valence-electron chi connectivity index (χ0n) is 15.8. The number of methoxy groups -OCH3 is 1. The van der Waals surface area contributed by atoms with E-state index < -0.39 is 10.9 Å². The van der Waals surface area contributed by atoms with Crippen LogP contribution < -0.4 is 4.74 Å². The van der Waals surface area contributed by atoms with Gasteiger partial charge in [0.05, 0.1) is 25.1 Å². The van der Waals surface area contributed by atoms with Crippen molar-refractivity contribution in [2.45, 2.75) is 19.9 Å². The summed E-state index contributed by atoms with van der Waals surface area (Å²) in [6.45, 7) is 2.43. The number of non-ortho nitro benzene ring substituents is 1. The van der Waals surface area contributed by atoms with Crippen molar-refractivity contribution in [1.29, 1.82) is 0 Å². The molecular formula is C20H22N2O6. The van der Waals surface area contributed by atoms with Crippen LogP contribution in [0.4, 0.5) is 5.69 Å². The molecule has 0 radical (unpaired) electrons. The van der Waals surface area contributed by atoms with Crippen LogP contribution in [-0.2, 0) is 16.1 Å². The van der Waals surface area contributed by atoms with Crippen LogP contribution in [0, 0.1) is 10.1 Å². The van der Waals surface area contributed by atoms with Gasteiger partial charge in [-0.15, -0.1) is 0 Å². The molecule has 148 valence electrons. The van der Waals surface area contributed by atoms with Crippen LogP contribution in [-0.4, -0.2) is 42.0 Å². The Morgan fingerprint density at radius 1 is 1.07 bits per heavy atom. The molecule has 0 aliphatic rings. The number of carbonyl (C=O) groups excluding carboxylic acids is 2. The van der Waals surface area contributed by atoms with Crippen molar-refractivity contribution < 1.29 is 24.0 Å². The van der Waals surface area contributed by atoms with E-state index in [1.165, 1.54) is 29.2 Å². The molecule has 2 rings (SSSR count). The van der Waals surface area contributed by atoms with Crippen molar-refractivity contribution in [1.82, 2.24) is 4.90 Å². The van der Waals surface area contributed by atoms with Crippen LogP contribution in [0.5, 0.6) is 5.75 Å². The molecule has 0 heterocycles. The first kappa shape index (κ1) is 20.9. The predicted octanol–water partition coefficient (Wildman–Crippen LogP) is 3.20. The first-order valence-electron chi connectivity index (χ1n) is 8.77. The number of ether oxygens (including phenoxy) is 2. The summed E-state index contributed by atoms with van der Waals surface area (Å²) in [4.78, 5) is 36.4. The van der Waals surface area contributed by atoms with Gasteiger partial charge in [0.25, 0.3) is 11.6 Å². The summed E-state index contributed by atoms with van der Waals surface area (Å²) in [5.74, 6) is -0.0164. The quantitative estimate of drug-likeness (QED) is 0.373. The normalized spacial score (nSPS) is 10.2. The second-order valence-electron chi connectivity index (χ2n) is 5.93. The van der Waals surface area contributed by atoms with E-state index >= 15 is 0 Å². The van der Waals surface area contributed by atoms with Crippen LogP contribution >= 0.6 is 0 Å². The van der Waals surface area contributed by atoms with Crippen LogP contribution in [0.25, 0.3) is 0 Å². The molecule has 0 saturated carbocycles. The van der Waals surface area contributed by atoms with Gasteiger partial charge >= 0.3 is 5.97 Å². The van der Waals surface area contributed by atoms with Gasteiger partial charge in [0.1, 0.15) is 5.75 Å². The number of benzene rings is 2. The van der Waals surface area contributed by atoms with Gasteiger partial charge in [-0.1, -0.05) is 12.1 Å². The number of rotatable bonds is 9. The van der Waals surface area contributed by atoms with Crippen molar-refractivity contribution in [2.75, 3.05) is 20.3 Å². The second-order valence-corrected chi connectivity index (χ2v) is 5.93. The average molecular weight is 386 g/mol. The van der Waals surface area contributed by atoms with Crippen LogP contribution in [0.15, 0.2) is 48.5 Å². The molecule has 0 bridgehead atoms. The van der Waals surface area contributed by atoms with Gasteiger partial charge in [0.2, 0.25) is 0 Å². The Kier molecular flexibility index (Phi) is 7.50. The van der Waals surface area contributed by atoms with Crippen LogP contribution in [0.1, 0.15) is 29.3 Å². The maximum absolute atomic E-state index is 12.9. The Morgan fingerprint density at radius 3 is 2.25 bits per heavy atom. The summed E-state index contributed by atoms with van der Waals surface area (Å²) in [7, 11) is 1.57. The lowest BCUT2D eigenvalue weighted by atomic mass is 10.1. The smallest absolute Gasteiger partial charge is 0.307 e. The zero-order valence-corrected chi connectivity index (χ0v) is 15.8. The monoisotopic (exact) mass is 386 g/mol. The second kappa shape index (κ2) is 10.1. The molecule has 0 saturated heterocycles. The Bertz CT molecular complexity index is 818. The zero-order chi connectivity index (χ0) is 20.5. The molecule has 0 aliphatic heterocycles. The van der Waals surface area contributed by atoms with Crippen molar-refractivity contribution in [2.24, 2.45) is 0 Å². The van der Waals surface area contributed by atoms with E-state index in [4.69, 9.17) is 9.47 Å². The fourth-order valence-electron chi connectivity index (χ4n) is 2.57. The van der Waals surface area contributed by atoms with E-state index in [1.54, 1.807) is 26.2 Å². The third-order valence-corrected chi connectivity index (χ3v) is 4.04. The van der Waals surface area contributed by atoms with Crippen LogP contribution in [0.3, 0.4) is 0 Å². The molecule has 2 aromatic carbocycles. The minimum absolute atomic E-state index is 0.0583. The van der Waals surface area contributed by atoms with E-state index in [1.807, 2.05) is 12.1 Å². The van der Waals surface area contributed by atoms with Crippen molar-refractivity contribution >= 4 is 17.6 Å². The van der Waals surface area contributed by atoms with E-state index in [-0.39, 0.29) is 37.7 Å². The minimum Gasteiger partial charge on any atom is -0.497 e. The number of hydrogen-bond acceptors (Lipinski definition) is 6. The molecule has 8 nitrogen and oxygen atoms in total. The fourth-order valence-corrected chi connectivity index (χ4v) is 2.57. The lowest BCUT2D eigenvalue weighted by Crippen LogP contribution is -2.33. The van der Waals surface area contributed by atoms with Crippen molar-refractivity contribution in [3.8, 4) is 5.75 Å². The Morgan fingerprint density at radius 2 is 1.71 bits per heavy atom. The van der Waals surface area contributed by atoms with Gasteiger partial charge in [-0.05, 0) is 36.8 Å². The summed E-state index contributed by atoms with van der Waals surface area (Å²) in [6.07, 6.45) is 0.0583. The molecule has 0 fully saturated rings. The molecule has 0 N–H and O–H groups in total. The Hall–Kier alpha value is -3.42. The van der Waals surface area contributed by atoms with Crippen molar-refractivity contribution in [3.05, 3.63) is 69.8 Å². The molecule has 28 heavy (non-hydrogen) atoms. The summed E-state index contributed by atoms with van der Waals surface area (Å²) < 4.78 is 10.1. The molecule has 0 aliphatic carbocycles. The number of hydrogen-bond donors (Lipinski definition) is 0. The first-order valence-corrected chi connectivity index (χ1v) is 8.77. The van der Waals surface area contributed by atoms with Gasteiger partial charge in [-0.25, -0.2) is 0 Å². The van der Waals surface area contributed by atoms with Crippen LogP contribution in [0.2, 0.25) is 0 Å². The standard InChI is InChI=1S/C20H22N2O6/c1-3-28-19(23)12-13-21(14-15-4-10-18(27-2)11-5-15)20(24)16-6-8-17(9-7-16)22(25)26/h4-11H,3,12-14H2,1-2H3. The maximum atomic E-state index is 12.9. The number of nitro benzene ring substituents is 1. The number of nitro groups is 1. The van der Waals surface area contributed by atoms with Crippen molar-refractivity contribution in [3.63, 3.8) is 0 Å². The van der Waals surface area contributed by atoms with Gasteiger partial charge in [0, 0.05) is 30.8 Å². The van der Waals surface area contributed by atoms with Gasteiger partial charge in [0.15, 0.2) is 0 Å². The molecule has 0 unspecified atom stereocenters. The highest BCUT2D eigenvalue weighted by molar-refractivity contribution is 5.94. The van der Waals surface area contributed by atoms with E-state index in [0.717, 1.165) is 5.56 Å². The lowest BCUT2D eigenvalue weighted by molar-refractivity contribution is -0.384. The van der Waals surface area contributed by atoms with E-state index in [0.29, 0.717) is 11.3 Å². The fraction of sp³-hybridized carbons (Fsp3) is 0.300. The molecule has 0 aromatic heterocycles. The lowest BCUT2D eigenvalue weighted by Gasteiger charge is -2.23. The number of amides is 1. The number of nitrogens with zero attached hydrogens (tertiary/aromatic N) is 2. The maximum Gasteiger partial charge on any atom is 0.307 e. The highest BCUT2D eigenvalue weighted by Gasteiger charge is 2.19. The molecule has 0 spiro atoms. The summed E-state index contributed by atoms with van der Waals surface area (Å²) in [5.41, 5.74) is 1.08. The van der Waals surface area contributed by atoms with Gasteiger partial charge in [-0.3, -0.25) is 19.7 Å². The third-order valence-electron chi connectivity index (χ3n) is 4.04. The molecule has 2 aromatic rings. The molecule has 0 atom stereocenters. The highest BCUT2D eigenvalue weighted by atomic mass is 16.6. The van der Waals surface area contributed by atoms with E-state index in [9.17, 15) is 19.7 Å². The topological polar surface area (TPSA) is 99.0 Å². The summed E-state index contributed by atoms with van der Waals surface area (Å²) in [5, 5.41) is 10.8. The Labute approximate surface area is 162 Å². The molecular weight excluding hydrogens is 364 g/mol. The Balaban J connectivity index is 2.18. The van der Waals surface area contributed by atoms with Gasteiger partial charge in [-0.2, -0.15) is 0 Å². The number of esters is 1. The summed E-state index contributed by atoms with van der Waals surface area (Å²) >= 11 is 0. The first-order chi connectivity index (χ1) is 13.4. The number of carbonyl (C=O) groups is 2. The summed E-state index contributed by atoms with van der Waals surface area (Å²) in [6, 6.07) is 12.6. The van der Waals surface area contributed by atoms with E-state index in [2.05, 4.69) is 0 Å². The SMILES string of the molecule is CCOC(=O)CCN(Cc1ccc(OC)cc1)C(=O)c1ccc([N+](=O)[O-])cc1. The molecule has 8 heteroatoms. The largest absolute Gasteiger partial charge is 0.497 e. The highest BCUT2D eigenvalue weighted by Crippen LogP contribution is 2.17. The molecule has 1 amide bonds. The third kappa shape index (κ3) is 5.80. The average Bonchev–Trinajstić information content (AvgIpc) is 2.71. The minimum atomic E-state index is -0.524.